The number of amides is 1. The van der Waals surface area contributed by atoms with Crippen molar-refractivity contribution < 1.29 is 13.9 Å². The summed E-state index contributed by atoms with van der Waals surface area (Å²) in [6.07, 6.45) is 2.34. The van der Waals surface area contributed by atoms with Gasteiger partial charge < -0.3 is 10.1 Å². The Morgan fingerprint density at radius 2 is 2.32 bits per heavy atom. The fourth-order valence-corrected chi connectivity index (χ4v) is 1.68. The summed E-state index contributed by atoms with van der Waals surface area (Å²) in [5.41, 5.74) is 0.819. The molecule has 2 rings (SSSR count). The minimum absolute atomic E-state index is 0.0440. The molecule has 0 unspecified atom stereocenters. The second kappa shape index (κ2) is 5.51. The molecule has 0 saturated carbocycles. The topological polar surface area (TPSA) is 67.0 Å². The van der Waals surface area contributed by atoms with E-state index in [1.807, 2.05) is 6.92 Å². The number of rotatable bonds is 4. The largest absolute Gasteiger partial charge is 0.497 e. The zero-order valence-electron chi connectivity index (χ0n) is 10.7. The third-order valence-corrected chi connectivity index (χ3v) is 2.76. The highest BCUT2D eigenvalue weighted by atomic mass is 19.1. The predicted molar refractivity (Wildman–Crippen MR) is 68.9 cm³/mol. The molecule has 1 aromatic heterocycles. The van der Waals surface area contributed by atoms with Crippen LogP contribution in [0.4, 0.5) is 10.2 Å². The lowest BCUT2D eigenvalue weighted by Crippen LogP contribution is -2.15. The average molecular weight is 263 g/mol. The van der Waals surface area contributed by atoms with Gasteiger partial charge in [0.05, 0.1) is 18.9 Å². The van der Waals surface area contributed by atoms with Crippen LogP contribution in [0.1, 0.15) is 22.8 Å². The van der Waals surface area contributed by atoms with E-state index >= 15 is 0 Å². The first-order valence-electron chi connectivity index (χ1n) is 5.82. The Morgan fingerprint density at radius 3 is 2.95 bits per heavy atom. The fourth-order valence-electron chi connectivity index (χ4n) is 1.68. The second-order valence-corrected chi connectivity index (χ2v) is 3.92. The van der Waals surface area contributed by atoms with Crippen LogP contribution in [0, 0.1) is 5.82 Å². The molecule has 19 heavy (non-hydrogen) atoms. The van der Waals surface area contributed by atoms with E-state index in [-0.39, 0.29) is 5.56 Å². The Kier molecular flexibility index (Phi) is 3.79. The van der Waals surface area contributed by atoms with Gasteiger partial charge in [0.25, 0.3) is 5.91 Å². The van der Waals surface area contributed by atoms with Crippen LogP contribution in [-0.4, -0.2) is 23.2 Å². The minimum atomic E-state index is -0.630. The molecular formula is C13H14FN3O2. The van der Waals surface area contributed by atoms with Crippen molar-refractivity contribution >= 4 is 11.7 Å². The van der Waals surface area contributed by atoms with Crippen molar-refractivity contribution in [2.75, 3.05) is 12.4 Å². The van der Waals surface area contributed by atoms with E-state index in [1.165, 1.54) is 25.3 Å². The molecule has 2 N–H and O–H groups in total. The minimum Gasteiger partial charge on any atom is -0.497 e. The van der Waals surface area contributed by atoms with Crippen molar-refractivity contribution in [1.82, 2.24) is 10.2 Å². The lowest BCUT2D eigenvalue weighted by Gasteiger charge is -2.07. The maximum Gasteiger partial charge on any atom is 0.259 e. The highest BCUT2D eigenvalue weighted by Crippen LogP contribution is 2.18. The number of hydrogen-bond donors (Lipinski definition) is 2. The maximum atomic E-state index is 13.7. The van der Waals surface area contributed by atoms with E-state index in [2.05, 4.69) is 15.5 Å². The predicted octanol–water partition coefficient (Wildman–Crippen LogP) is 2.37. The van der Waals surface area contributed by atoms with Gasteiger partial charge in [-0.3, -0.25) is 9.89 Å². The van der Waals surface area contributed by atoms with Crippen molar-refractivity contribution in [2.45, 2.75) is 13.3 Å². The van der Waals surface area contributed by atoms with Crippen LogP contribution in [-0.2, 0) is 6.42 Å². The molecule has 0 aliphatic heterocycles. The molecule has 6 heteroatoms. The number of nitrogens with one attached hydrogen (secondary N) is 2. The highest BCUT2D eigenvalue weighted by molar-refractivity contribution is 6.04. The summed E-state index contributed by atoms with van der Waals surface area (Å²) >= 11 is 0. The van der Waals surface area contributed by atoms with E-state index in [4.69, 9.17) is 4.74 Å². The maximum absolute atomic E-state index is 13.7. The number of ether oxygens (including phenoxy) is 1. The SMILES string of the molecule is CCc1cn[nH]c1NC(=O)c1ccc(OC)cc1F. The fraction of sp³-hybridized carbons (Fsp3) is 0.231. The molecule has 0 aliphatic carbocycles. The van der Waals surface area contributed by atoms with E-state index in [1.54, 1.807) is 6.20 Å². The number of benzene rings is 1. The molecule has 0 aliphatic rings. The second-order valence-electron chi connectivity index (χ2n) is 3.92. The normalized spacial score (nSPS) is 10.3. The molecule has 0 spiro atoms. The molecule has 1 amide bonds. The summed E-state index contributed by atoms with van der Waals surface area (Å²) in [6.45, 7) is 1.94. The van der Waals surface area contributed by atoms with Crippen LogP contribution in [0.2, 0.25) is 0 Å². The Bertz CT molecular complexity index is 595. The van der Waals surface area contributed by atoms with Gasteiger partial charge in [-0.25, -0.2) is 4.39 Å². The third-order valence-electron chi connectivity index (χ3n) is 2.76. The summed E-state index contributed by atoms with van der Waals surface area (Å²) in [6, 6.07) is 4.08. The number of carbonyl (C=O) groups excluding carboxylic acids is 1. The Morgan fingerprint density at radius 1 is 1.53 bits per heavy atom. The van der Waals surface area contributed by atoms with Crippen molar-refractivity contribution in [3.05, 3.63) is 41.3 Å². The van der Waals surface area contributed by atoms with Gasteiger partial charge >= 0.3 is 0 Å². The van der Waals surface area contributed by atoms with Crippen LogP contribution >= 0.6 is 0 Å². The Hall–Kier alpha value is -2.37. The van der Waals surface area contributed by atoms with Gasteiger partial charge in [-0.05, 0) is 18.6 Å². The molecule has 5 nitrogen and oxygen atoms in total. The zero-order chi connectivity index (χ0) is 13.8. The van der Waals surface area contributed by atoms with Crippen molar-refractivity contribution in [3.63, 3.8) is 0 Å². The number of methoxy groups -OCH3 is 1. The first kappa shape index (κ1) is 13.1. The number of halogens is 1. The lowest BCUT2D eigenvalue weighted by atomic mass is 10.2. The van der Waals surface area contributed by atoms with E-state index in [9.17, 15) is 9.18 Å². The first-order valence-corrected chi connectivity index (χ1v) is 5.82. The number of H-pyrrole nitrogens is 1. The molecular weight excluding hydrogens is 249 g/mol. The van der Waals surface area contributed by atoms with Crippen LogP contribution in [0.25, 0.3) is 0 Å². The molecule has 0 bridgehead atoms. The van der Waals surface area contributed by atoms with Gasteiger partial charge in [0.1, 0.15) is 17.4 Å². The Balaban J connectivity index is 2.21. The van der Waals surface area contributed by atoms with E-state index in [0.29, 0.717) is 11.6 Å². The molecule has 0 fully saturated rings. The van der Waals surface area contributed by atoms with Crippen LogP contribution in [0.5, 0.6) is 5.75 Å². The van der Waals surface area contributed by atoms with Gasteiger partial charge in [-0.2, -0.15) is 5.10 Å². The third kappa shape index (κ3) is 2.73. The zero-order valence-corrected chi connectivity index (χ0v) is 10.7. The number of aromatic amines is 1. The summed E-state index contributed by atoms with van der Waals surface area (Å²) in [5, 5.41) is 9.10. The number of hydrogen-bond acceptors (Lipinski definition) is 3. The number of nitrogens with zero attached hydrogens (tertiary/aromatic N) is 1. The van der Waals surface area contributed by atoms with E-state index < -0.39 is 11.7 Å². The smallest absolute Gasteiger partial charge is 0.259 e. The van der Waals surface area contributed by atoms with Crippen LogP contribution < -0.4 is 10.1 Å². The average Bonchev–Trinajstić information content (AvgIpc) is 2.85. The molecule has 2 aromatic rings. The van der Waals surface area contributed by atoms with Crippen molar-refractivity contribution in [2.24, 2.45) is 0 Å². The monoisotopic (exact) mass is 263 g/mol. The summed E-state index contributed by atoms with van der Waals surface area (Å²) < 4.78 is 18.6. The lowest BCUT2D eigenvalue weighted by molar-refractivity contribution is 0.102. The summed E-state index contributed by atoms with van der Waals surface area (Å²) in [4.78, 5) is 12.0. The van der Waals surface area contributed by atoms with Crippen LogP contribution in [0.3, 0.4) is 0 Å². The van der Waals surface area contributed by atoms with Crippen molar-refractivity contribution in [3.8, 4) is 5.75 Å². The molecule has 0 atom stereocenters. The number of aryl methyl sites for hydroxylation is 1. The quantitative estimate of drug-likeness (QED) is 0.889. The van der Waals surface area contributed by atoms with Gasteiger partial charge in [-0.1, -0.05) is 6.92 Å². The number of carbonyl (C=O) groups is 1. The van der Waals surface area contributed by atoms with Gasteiger partial charge in [0.15, 0.2) is 0 Å². The van der Waals surface area contributed by atoms with Gasteiger partial charge in [-0.15, -0.1) is 0 Å². The standard InChI is InChI=1S/C13H14FN3O2/c1-3-8-7-15-17-12(8)16-13(18)10-5-4-9(19-2)6-11(10)14/h4-7H,3H2,1-2H3,(H2,15,16,17,18). The molecule has 1 aromatic carbocycles. The first-order chi connectivity index (χ1) is 9.15. The number of aromatic nitrogens is 2. The Labute approximate surface area is 109 Å². The molecule has 0 radical (unpaired) electrons. The highest BCUT2D eigenvalue weighted by Gasteiger charge is 2.14. The van der Waals surface area contributed by atoms with Crippen molar-refractivity contribution in [1.29, 1.82) is 0 Å². The summed E-state index contributed by atoms with van der Waals surface area (Å²) in [5.74, 6) is -0.305. The van der Waals surface area contributed by atoms with Gasteiger partial charge in [0.2, 0.25) is 0 Å². The van der Waals surface area contributed by atoms with E-state index in [0.717, 1.165) is 12.0 Å². The number of anilines is 1. The molecule has 1 heterocycles. The summed E-state index contributed by atoms with van der Waals surface area (Å²) in [7, 11) is 1.44. The van der Waals surface area contributed by atoms with Crippen LogP contribution in [0.15, 0.2) is 24.4 Å². The van der Waals surface area contributed by atoms with Gasteiger partial charge in [0, 0.05) is 11.6 Å². The molecule has 0 saturated heterocycles. The molecule has 100 valence electrons.